The summed E-state index contributed by atoms with van der Waals surface area (Å²) < 4.78 is 2.05. The number of nitrogens with zero attached hydrogens (tertiary/aromatic N) is 5. The molecule has 1 aliphatic rings. The zero-order chi connectivity index (χ0) is 19.4. The lowest BCUT2D eigenvalue weighted by molar-refractivity contribution is -0.132. The molecule has 0 aliphatic carbocycles. The summed E-state index contributed by atoms with van der Waals surface area (Å²) >= 11 is 0. The quantitative estimate of drug-likeness (QED) is 0.785. The van der Waals surface area contributed by atoms with Crippen LogP contribution in [0.5, 0.6) is 0 Å². The van der Waals surface area contributed by atoms with Crippen LogP contribution < -0.4 is 0 Å². The lowest BCUT2D eigenvalue weighted by atomic mass is 10.1. The molecule has 0 bridgehead atoms. The summed E-state index contributed by atoms with van der Waals surface area (Å²) in [7, 11) is 0. The fourth-order valence-electron chi connectivity index (χ4n) is 3.68. The highest BCUT2D eigenvalue weighted by Crippen LogP contribution is 2.17. The molecular weight excluding hydrogens is 338 g/mol. The number of aryl methyl sites for hydroxylation is 1. The summed E-state index contributed by atoms with van der Waals surface area (Å²) in [6.45, 7) is 13.7. The molecule has 0 aromatic carbocycles. The third-order valence-electron chi connectivity index (χ3n) is 5.25. The smallest absolute Gasteiger partial charge is 0.227 e. The first-order valence-corrected chi connectivity index (χ1v) is 9.86. The maximum absolute atomic E-state index is 12.8. The molecule has 6 heteroatoms. The van der Waals surface area contributed by atoms with Crippen LogP contribution in [0, 0.1) is 19.8 Å². The van der Waals surface area contributed by atoms with E-state index in [9.17, 15) is 4.79 Å². The molecule has 1 saturated heterocycles. The van der Waals surface area contributed by atoms with E-state index < -0.39 is 0 Å². The van der Waals surface area contributed by atoms with Gasteiger partial charge in [0.05, 0.1) is 12.1 Å². The number of carbonyl (C=O) groups is 1. The molecule has 1 fully saturated rings. The van der Waals surface area contributed by atoms with Gasteiger partial charge < -0.3 is 4.90 Å². The molecular formula is C21H31N5O. The topological polar surface area (TPSA) is 54.3 Å². The molecule has 2 aromatic rings. The molecule has 0 atom stereocenters. The number of pyridine rings is 1. The van der Waals surface area contributed by atoms with Gasteiger partial charge in [0.25, 0.3) is 0 Å². The van der Waals surface area contributed by atoms with Gasteiger partial charge in [-0.25, -0.2) is 0 Å². The average Bonchev–Trinajstić information content (AvgIpc) is 2.90. The van der Waals surface area contributed by atoms with Gasteiger partial charge >= 0.3 is 0 Å². The fourth-order valence-corrected chi connectivity index (χ4v) is 3.68. The van der Waals surface area contributed by atoms with Crippen LogP contribution >= 0.6 is 0 Å². The van der Waals surface area contributed by atoms with Gasteiger partial charge in [0.1, 0.15) is 0 Å². The van der Waals surface area contributed by atoms with Gasteiger partial charge in [-0.15, -0.1) is 0 Å². The van der Waals surface area contributed by atoms with Crippen molar-refractivity contribution in [2.75, 3.05) is 26.2 Å². The van der Waals surface area contributed by atoms with Gasteiger partial charge in [0.15, 0.2) is 0 Å². The lowest BCUT2D eigenvalue weighted by Crippen LogP contribution is -2.48. The molecule has 0 spiro atoms. The summed E-state index contributed by atoms with van der Waals surface area (Å²) in [5, 5.41) is 4.64. The van der Waals surface area contributed by atoms with Crippen LogP contribution in [0.4, 0.5) is 0 Å². The first-order valence-electron chi connectivity index (χ1n) is 9.86. The zero-order valence-corrected chi connectivity index (χ0v) is 17.0. The van der Waals surface area contributed by atoms with E-state index in [4.69, 9.17) is 0 Å². The molecule has 146 valence electrons. The van der Waals surface area contributed by atoms with E-state index >= 15 is 0 Å². The van der Waals surface area contributed by atoms with Crippen molar-refractivity contribution < 1.29 is 4.79 Å². The Morgan fingerprint density at radius 3 is 2.56 bits per heavy atom. The van der Waals surface area contributed by atoms with E-state index in [1.165, 1.54) is 5.56 Å². The van der Waals surface area contributed by atoms with Gasteiger partial charge in [-0.1, -0.05) is 19.9 Å². The van der Waals surface area contributed by atoms with Crippen LogP contribution in [0.15, 0.2) is 24.5 Å². The Bertz CT molecular complexity index is 760. The van der Waals surface area contributed by atoms with Crippen LogP contribution in [-0.4, -0.2) is 56.7 Å². The van der Waals surface area contributed by atoms with Gasteiger partial charge in [-0.3, -0.25) is 19.4 Å². The minimum atomic E-state index is 0.214. The number of rotatable bonds is 6. The highest BCUT2D eigenvalue weighted by Gasteiger charge is 2.23. The standard InChI is InChI=1S/C21H31N5O/c1-16(2)14-26-18(4)20(17(3)23-26)12-21(27)25-10-8-24(9-11-25)15-19-6-5-7-22-13-19/h5-7,13,16H,8-12,14-15H2,1-4H3. The predicted molar refractivity (Wildman–Crippen MR) is 106 cm³/mol. The van der Waals surface area contributed by atoms with Crippen LogP contribution in [0.25, 0.3) is 0 Å². The first-order chi connectivity index (χ1) is 12.9. The highest BCUT2D eigenvalue weighted by molar-refractivity contribution is 5.79. The number of hydrogen-bond donors (Lipinski definition) is 0. The van der Waals surface area contributed by atoms with E-state index in [-0.39, 0.29) is 5.91 Å². The van der Waals surface area contributed by atoms with Crippen molar-refractivity contribution in [2.45, 2.75) is 47.2 Å². The molecule has 27 heavy (non-hydrogen) atoms. The molecule has 0 radical (unpaired) electrons. The summed E-state index contributed by atoms with van der Waals surface area (Å²) in [6, 6.07) is 4.07. The zero-order valence-electron chi connectivity index (χ0n) is 17.0. The van der Waals surface area contributed by atoms with E-state index in [0.717, 1.165) is 56.2 Å². The fraction of sp³-hybridized carbons (Fsp3) is 0.571. The third-order valence-corrected chi connectivity index (χ3v) is 5.25. The van der Waals surface area contributed by atoms with E-state index in [1.54, 1.807) is 6.20 Å². The highest BCUT2D eigenvalue weighted by atomic mass is 16.2. The largest absolute Gasteiger partial charge is 0.340 e. The van der Waals surface area contributed by atoms with E-state index in [1.807, 2.05) is 24.1 Å². The van der Waals surface area contributed by atoms with Crippen LogP contribution in [0.3, 0.4) is 0 Å². The number of hydrogen-bond acceptors (Lipinski definition) is 4. The van der Waals surface area contributed by atoms with Crippen LogP contribution in [0.2, 0.25) is 0 Å². The molecule has 3 rings (SSSR count). The monoisotopic (exact) mass is 369 g/mol. The lowest BCUT2D eigenvalue weighted by Gasteiger charge is -2.34. The first kappa shape index (κ1) is 19.5. The Labute approximate surface area is 162 Å². The molecule has 1 amide bonds. The summed E-state index contributed by atoms with van der Waals surface area (Å²) in [5.41, 5.74) is 4.43. The van der Waals surface area contributed by atoms with Crippen molar-refractivity contribution in [2.24, 2.45) is 5.92 Å². The number of carbonyl (C=O) groups excluding carboxylic acids is 1. The minimum absolute atomic E-state index is 0.214. The normalized spacial score (nSPS) is 15.5. The van der Waals surface area contributed by atoms with Crippen molar-refractivity contribution in [3.8, 4) is 0 Å². The minimum Gasteiger partial charge on any atom is -0.340 e. The number of aromatic nitrogens is 3. The maximum Gasteiger partial charge on any atom is 0.227 e. The van der Waals surface area contributed by atoms with Crippen molar-refractivity contribution in [3.05, 3.63) is 47.0 Å². The molecule has 6 nitrogen and oxygen atoms in total. The second kappa shape index (κ2) is 8.65. The Balaban J connectivity index is 1.55. The third kappa shape index (κ3) is 4.95. The summed E-state index contributed by atoms with van der Waals surface area (Å²) in [5.74, 6) is 0.755. The Morgan fingerprint density at radius 2 is 1.93 bits per heavy atom. The van der Waals surface area contributed by atoms with Gasteiger partial charge in [0.2, 0.25) is 5.91 Å². The predicted octanol–water partition coefficient (Wildman–Crippen LogP) is 2.44. The van der Waals surface area contributed by atoms with Crippen molar-refractivity contribution >= 4 is 5.91 Å². The Kier molecular flexibility index (Phi) is 6.26. The summed E-state index contributed by atoms with van der Waals surface area (Å²) in [6.07, 6.45) is 4.17. The van der Waals surface area contributed by atoms with Gasteiger partial charge in [-0.05, 0) is 31.4 Å². The van der Waals surface area contributed by atoms with Gasteiger partial charge in [0, 0.05) is 62.9 Å². The van der Waals surface area contributed by atoms with Crippen molar-refractivity contribution in [1.82, 2.24) is 24.6 Å². The van der Waals surface area contributed by atoms with Crippen molar-refractivity contribution in [3.63, 3.8) is 0 Å². The van der Waals surface area contributed by atoms with E-state index in [2.05, 4.69) is 46.5 Å². The van der Waals surface area contributed by atoms with E-state index in [0.29, 0.717) is 12.3 Å². The Hall–Kier alpha value is -2.21. The van der Waals surface area contributed by atoms with Gasteiger partial charge in [-0.2, -0.15) is 5.10 Å². The average molecular weight is 370 g/mol. The number of piperazine rings is 1. The second-order valence-corrected chi connectivity index (χ2v) is 7.92. The number of amides is 1. The maximum atomic E-state index is 12.8. The molecule has 0 unspecified atom stereocenters. The van der Waals surface area contributed by atoms with Crippen molar-refractivity contribution in [1.29, 1.82) is 0 Å². The molecule has 0 N–H and O–H groups in total. The molecule has 3 heterocycles. The Morgan fingerprint density at radius 1 is 1.19 bits per heavy atom. The molecule has 1 aliphatic heterocycles. The summed E-state index contributed by atoms with van der Waals surface area (Å²) in [4.78, 5) is 21.4. The molecule has 0 saturated carbocycles. The molecule has 2 aromatic heterocycles. The second-order valence-electron chi connectivity index (χ2n) is 7.92. The van der Waals surface area contributed by atoms with Crippen LogP contribution in [-0.2, 0) is 24.3 Å². The SMILES string of the molecule is Cc1nn(CC(C)C)c(C)c1CC(=O)N1CCN(Cc2cccnc2)CC1. The van der Waals surface area contributed by atoms with Crippen LogP contribution in [0.1, 0.15) is 36.4 Å².